The monoisotopic (exact) mass is 255 g/mol. The summed E-state index contributed by atoms with van der Waals surface area (Å²) in [6, 6.07) is 13.6. The predicted molar refractivity (Wildman–Crippen MR) is 74.0 cm³/mol. The zero-order valence-corrected chi connectivity index (χ0v) is 10.7. The molecule has 1 aliphatic heterocycles. The van der Waals surface area contributed by atoms with Crippen LogP contribution < -0.4 is 0 Å². The van der Waals surface area contributed by atoms with Gasteiger partial charge in [0.1, 0.15) is 0 Å². The molecule has 0 amide bonds. The Bertz CT molecular complexity index is 595. The third kappa shape index (κ3) is 2.56. The summed E-state index contributed by atoms with van der Waals surface area (Å²) < 4.78 is 0. The van der Waals surface area contributed by atoms with Gasteiger partial charge < -0.3 is 10.2 Å². The number of fused-ring (bicyclic) bond motifs is 1. The Morgan fingerprint density at radius 1 is 0.947 bits per heavy atom. The Morgan fingerprint density at radius 2 is 1.74 bits per heavy atom. The van der Waals surface area contributed by atoms with Gasteiger partial charge in [0.25, 0.3) is 0 Å². The first-order valence-electron chi connectivity index (χ1n) is 6.52. The third-order valence-corrected chi connectivity index (χ3v) is 3.66. The van der Waals surface area contributed by atoms with E-state index in [0.717, 1.165) is 31.6 Å². The van der Waals surface area contributed by atoms with Crippen molar-refractivity contribution in [2.45, 2.75) is 19.5 Å². The SMILES string of the molecule is Oc1ccc(CN2CCc3ccccc3C2)cc1O. The Kier molecular flexibility index (Phi) is 3.13. The largest absolute Gasteiger partial charge is 0.504 e. The first-order valence-corrected chi connectivity index (χ1v) is 6.52. The smallest absolute Gasteiger partial charge is 0.157 e. The van der Waals surface area contributed by atoms with E-state index in [-0.39, 0.29) is 11.5 Å². The van der Waals surface area contributed by atoms with Crippen molar-refractivity contribution in [1.82, 2.24) is 4.90 Å². The molecule has 3 nitrogen and oxygen atoms in total. The lowest BCUT2D eigenvalue weighted by atomic mass is 9.99. The summed E-state index contributed by atoms with van der Waals surface area (Å²) in [7, 11) is 0. The predicted octanol–water partition coefficient (Wildman–Crippen LogP) is 2.66. The van der Waals surface area contributed by atoms with E-state index in [0.29, 0.717) is 0 Å². The molecule has 98 valence electrons. The van der Waals surface area contributed by atoms with Gasteiger partial charge in [-0.15, -0.1) is 0 Å². The number of nitrogens with zero attached hydrogens (tertiary/aromatic N) is 1. The van der Waals surface area contributed by atoms with E-state index in [4.69, 9.17) is 0 Å². The van der Waals surface area contributed by atoms with Crippen LogP contribution in [0.4, 0.5) is 0 Å². The molecule has 0 saturated heterocycles. The van der Waals surface area contributed by atoms with Crippen molar-refractivity contribution in [3.8, 4) is 11.5 Å². The highest BCUT2D eigenvalue weighted by molar-refractivity contribution is 5.40. The van der Waals surface area contributed by atoms with Crippen LogP contribution in [0.3, 0.4) is 0 Å². The fraction of sp³-hybridized carbons (Fsp3) is 0.250. The lowest BCUT2D eigenvalue weighted by molar-refractivity contribution is 0.245. The van der Waals surface area contributed by atoms with Gasteiger partial charge in [-0.2, -0.15) is 0 Å². The van der Waals surface area contributed by atoms with E-state index in [9.17, 15) is 10.2 Å². The minimum absolute atomic E-state index is 0.0464. The van der Waals surface area contributed by atoms with Crippen molar-refractivity contribution in [3.05, 3.63) is 59.2 Å². The maximum absolute atomic E-state index is 9.52. The van der Waals surface area contributed by atoms with Gasteiger partial charge in [0, 0.05) is 19.6 Å². The number of aromatic hydroxyl groups is 2. The maximum Gasteiger partial charge on any atom is 0.157 e. The van der Waals surface area contributed by atoms with E-state index < -0.39 is 0 Å². The van der Waals surface area contributed by atoms with Crippen LogP contribution >= 0.6 is 0 Å². The standard InChI is InChI=1S/C16H17NO2/c18-15-6-5-12(9-16(15)19)10-17-8-7-13-3-1-2-4-14(13)11-17/h1-6,9,18-19H,7-8,10-11H2. The second kappa shape index (κ2) is 4.94. The summed E-state index contributed by atoms with van der Waals surface area (Å²) >= 11 is 0. The first-order chi connectivity index (χ1) is 9.22. The molecule has 0 bridgehead atoms. The van der Waals surface area contributed by atoms with E-state index in [1.807, 2.05) is 6.07 Å². The second-order valence-electron chi connectivity index (χ2n) is 5.05. The van der Waals surface area contributed by atoms with Gasteiger partial charge in [-0.3, -0.25) is 4.90 Å². The molecule has 0 spiro atoms. The Hall–Kier alpha value is -2.00. The zero-order valence-electron chi connectivity index (χ0n) is 10.7. The van der Waals surface area contributed by atoms with Gasteiger partial charge in [0.2, 0.25) is 0 Å². The minimum atomic E-state index is -0.0623. The van der Waals surface area contributed by atoms with Crippen LogP contribution in [0.5, 0.6) is 11.5 Å². The van der Waals surface area contributed by atoms with Crippen LogP contribution in [0.1, 0.15) is 16.7 Å². The van der Waals surface area contributed by atoms with Crippen molar-refractivity contribution in [2.24, 2.45) is 0 Å². The average molecular weight is 255 g/mol. The molecular formula is C16H17NO2. The van der Waals surface area contributed by atoms with Gasteiger partial charge in [-0.25, -0.2) is 0 Å². The highest BCUT2D eigenvalue weighted by Gasteiger charge is 2.16. The van der Waals surface area contributed by atoms with Crippen molar-refractivity contribution in [1.29, 1.82) is 0 Å². The van der Waals surface area contributed by atoms with E-state index in [2.05, 4.69) is 29.2 Å². The summed E-state index contributed by atoms with van der Waals surface area (Å²) in [6.45, 7) is 2.76. The van der Waals surface area contributed by atoms with Gasteiger partial charge in [0.05, 0.1) is 0 Å². The Morgan fingerprint density at radius 3 is 2.53 bits per heavy atom. The van der Waals surface area contributed by atoms with Crippen molar-refractivity contribution in [2.75, 3.05) is 6.54 Å². The van der Waals surface area contributed by atoms with Crippen LogP contribution in [-0.4, -0.2) is 21.7 Å². The minimum Gasteiger partial charge on any atom is -0.504 e. The molecule has 2 aromatic carbocycles. The lowest BCUT2D eigenvalue weighted by Gasteiger charge is -2.28. The molecule has 3 rings (SSSR count). The molecule has 2 aromatic rings. The number of hydrogen-bond acceptors (Lipinski definition) is 3. The normalized spacial score (nSPS) is 15.2. The number of hydrogen-bond donors (Lipinski definition) is 2. The Balaban J connectivity index is 1.73. The summed E-state index contributed by atoms with van der Waals surface area (Å²) in [5.41, 5.74) is 3.85. The topological polar surface area (TPSA) is 43.7 Å². The fourth-order valence-corrected chi connectivity index (χ4v) is 2.61. The summed E-state index contributed by atoms with van der Waals surface area (Å²) in [6.07, 6.45) is 1.07. The molecule has 0 radical (unpaired) electrons. The molecular weight excluding hydrogens is 238 g/mol. The van der Waals surface area contributed by atoms with E-state index >= 15 is 0 Å². The summed E-state index contributed by atoms with van der Waals surface area (Å²) in [4.78, 5) is 2.36. The van der Waals surface area contributed by atoms with Crippen LogP contribution in [0.25, 0.3) is 0 Å². The molecule has 0 unspecified atom stereocenters. The van der Waals surface area contributed by atoms with Gasteiger partial charge in [-0.05, 0) is 35.2 Å². The molecule has 1 aliphatic rings. The highest BCUT2D eigenvalue weighted by Crippen LogP contribution is 2.26. The third-order valence-electron chi connectivity index (χ3n) is 3.66. The van der Waals surface area contributed by atoms with Crippen molar-refractivity contribution < 1.29 is 10.2 Å². The van der Waals surface area contributed by atoms with Crippen molar-refractivity contribution >= 4 is 0 Å². The first kappa shape index (κ1) is 12.1. The molecule has 2 N–H and O–H groups in total. The number of rotatable bonds is 2. The van der Waals surface area contributed by atoms with Gasteiger partial charge >= 0.3 is 0 Å². The second-order valence-corrected chi connectivity index (χ2v) is 5.05. The van der Waals surface area contributed by atoms with Crippen LogP contribution in [0, 0.1) is 0 Å². The maximum atomic E-state index is 9.52. The summed E-state index contributed by atoms with van der Waals surface area (Å²) in [5.74, 6) is -0.109. The highest BCUT2D eigenvalue weighted by atomic mass is 16.3. The number of phenolic OH excluding ortho intramolecular Hbond substituents is 2. The van der Waals surface area contributed by atoms with Crippen molar-refractivity contribution in [3.63, 3.8) is 0 Å². The molecule has 0 saturated carbocycles. The van der Waals surface area contributed by atoms with Gasteiger partial charge in [-0.1, -0.05) is 30.3 Å². The molecule has 3 heteroatoms. The molecule has 1 heterocycles. The number of phenols is 2. The molecule has 0 fully saturated rings. The van der Waals surface area contributed by atoms with E-state index in [1.54, 1.807) is 12.1 Å². The molecule has 19 heavy (non-hydrogen) atoms. The quantitative estimate of drug-likeness (QED) is 0.811. The molecule has 0 aromatic heterocycles. The molecule has 0 aliphatic carbocycles. The zero-order chi connectivity index (χ0) is 13.2. The average Bonchev–Trinajstić information content (AvgIpc) is 2.43. The number of benzene rings is 2. The Labute approximate surface area is 112 Å². The van der Waals surface area contributed by atoms with Crippen LogP contribution in [0.15, 0.2) is 42.5 Å². The van der Waals surface area contributed by atoms with E-state index in [1.165, 1.54) is 11.1 Å². The lowest BCUT2D eigenvalue weighted by Crippen LogP contribution is -2.29. The van der Waals surface area contributed by atoms with Crippen LogP contribution in [-0.2, 0) is 19.5 Å². The van der Waals surface area contributed by atoms with Crippen LogP contribution in [0.2, 0.25) is 0 Å². The molecule has 0 atom stereocenters. The fourth-order valence-electron chi connectivity index (χ4n) is 2.61. The van der Waals surface area contributed by atoms with Gasteiger partial charge in [0.15, 0.2) is 11.5 Å². The summed E-state index contributed by atoms with van der Waals surface area (Å²) in [5, 5.41) is 18.8.